The van der Waals surface area contributed by atoms with Crippen LogP contribution in [-0.2, 0) is 17.9 Å². The van der Waals surface area contributed by atoms with Gasteiger partial charge in [0.25, 0.3) is 0 Å². The van der Waals surface area contributed by atoms with Crippen molar-refractivity contribution in [2.24, 2.45) is 5.92 Å². The average molecular weight is 325 g/mol. The van der Waals surface area contributed by atoms with Gasteiger partial charge in [0.1, 0.15) is 5.54 Å². The van der Waals surface area contributed by atoms with Crippen LogP contribution >= 0.6 is 0 Å². The molecule has 1 unspecified atom stereocenters. The summed E-state index contributed by atoms with van der Waals surface area (Å²) in [6, 6.07) is 19.7. The number of hydrogen-bond donors (Lipinski definition) is 2. The number of rotatable bonds is 8. The number of hydrogen-bond acceptors (Lipinski definition) is 3. The second-order valence-electron chi connectivity index (χ2n) is 6.49. The highest BCUT2D eigenvalue weighted by molar-refractivity contribution is 5.80. The summed E-state index contributed by atoms with van der Waals surface area (Å²) in [5, 5.41) is 20.0. The maximum Gasteiger partial charge on any atom is 0.326 e. The van der Waals surface area contributed by atoms with Crippen LogP contribution in [0.25, 0.3) is 0 Å². The van der Waals surface area contributed by atoms with Crippen LogP contribution in [0.2, 0.25) is 0 Å². The van der Waals surface area contributed by atoms with Crippen LogP contribution in [-0.4, -0.2) is 33.2 Å². The van der Waals surface area contributed by atoms with Crippen molar-refractivity contribution in [3.8, 4) is 0 Å². The van der Waals surface area contributed by atoms with Crippen LogP contribution < -0.4 is 0 Å². The number of benzene rings is 2. The molecule has 4 nitrogen and oxygen atoms in total. The molecule has 2 aromatic carbocycles. The minimum atomic E-state index is -1.22. The van der Waals surface area contributed by atoms with Gasteiger partial charge in [0.05, 0.1) is 6.61 Å². The minimum Gasteiger partial charge on any atom is -0.480 e. The quantitative estimate of drug-likeness (QED) is 0.783. The van der Waals surface area contributed by atoms with Gasteiger partial charge in [-0.25, -0.2) is 0 Å². The first-order valence-corrected chi connectivity index (χ1v) is 8.34. The van der Waals surface area contributed by atoms with E-state index in [4.69, 9.17) is 0 Å². The molecule has 1 atom stereocenters. The lowest BCUT2D eigenvalue weighted by Crippen LogP contribution is -2.58. The van der Waals surface area contributed by atoms with Gasteiger partial charge in [0.15, 0.2) is 0 Å². The van der Waals surface area contributed by atoms with Gasteiger partial charge in [0.2, 0.25) is 0 Å². The zero-order valence-electron chi connectivity index (χ0n) is 13.6. The largest absolute Gasteiger partial charge is 0.480 e. The van der Waals surface area contributed by atoms with Gasteiger partial charge >= 0.3 is 5.97 Å². The number of nitrogens with zero attached hydrogens (tertiary/aromatic N) is 1. The molecular formula is C20H23NO3. The van der Waals surface area contributed by atoms with Crippen molar-refractivity contribution in [2.45, 2.75) is 31.5 Å². The van der Waals surface area contributed by atoms with Crippen molar-refractivity contribution >= 4 is 5.97 Å². The molecule has 1 saturated carbocycles. The van der Waals surface area contributed by atoms with Crippen molar-refractivity contribution in [1.82, 2.24) is 4.90 Å². The van der Waals surface area contributed by atoms with E-state index >= 15 is 0 Å². The van der Waals surface area contributed by atoms with Gasteiger partial charge in [-0.15, -0.1) is 0 Å². The van der Waals surface area contributed by atoms with Gasteiger partial charge in [-0.3, -0.25) is 9.69 Å². The highest BCUT2D eigenvalue weighted by Crippen LogP contribution is 2.44. The molecule has 0 radical (unpaired) electrons. The summed E-state index contributed by atoms with van der Waals surface area (Å²) in [6.07, 6.45) is 1.71. The second kappa shape index (κ2) is 7.16. The molecule has 1 aliphatic carbocycles. The Morgan fingerprint density at radius 2 is 1.42 bits per heavy atom. The van der Waals surface area contributed by atoms with Gasteiger partial charge in [-0.1, -0.05) is 60.7 Å². The van der Waals surface area contributed by atoms with Gasteiger partial charge < -0.3 is 10.2 Å². The van der Waals surface area contributed by atoms with E-state index in [9.17, 15) is 15.0 Å². The number of carboxylic acids is 1. The Labute approximate surface area is 142 Å². The standard InChI is InChI=1S/C20H23NO3/c22-15-20(19(23)24,18-11-12-18)21(13-16-7-3-1-4-8-16)14-17-9-5-2-6-10-17/h1-10,18,22H,11-15H2,(H,23,24). The van der Waals surface area contributed by atoms with Crippen molar-refractivity contribution in [1.29, 1.82) is 0 Å². The van der Waals surface area contributed by atoms with E-state index in [0.29, 0.717) is 13.1 Å². The summed E-state index contributed by atoms with van der Waals surface area (Å²) in [5.74, 6) is -0.924. The van der Waals surface area contributed by atoms with Crippen molar-refractivity contribution in [3.05, 3.63) is 71.8 Å². The molecule has 0 heterocycles. The smallest absolute Gasteiger partial charge is 0.326 e. The lowest BCUT2D eigenvalue weighted by atomic mass is 9.90. The normalized spacial score (nSPS) is 16.8. The molecule has 0 aliphatic heterocycles. The van der Waals surface area contributed by atoms with E-state index in [1.165, 1.54) is 0 Å². The summed E-state index contributed by atoms with van der Waals surface area (Å²) >= 11 is 0. The molecule has 24 heavy (non-hydrogen) atoms. The molecule has 3 rings (SSSR count). The van der Waals surface area contributed by atoms with E-state index in [1.807, 2.05) is 65.6 Å². The van der Waals surface area contributed by atoms with E-state index in [-0.39, 0.29) is 12.5 Å². The fraction of sp³-hybridized carbons (Fsp3) is 0.350. The van der Waals surface area contributed by atoms with E-state index in [1.54, 1.807) is 0 Å². The van der Waals surface area contributed by atoms with Gasteiger partial charge in [-0.2, -0.15) is 0 Å². The van der Waals surface area contributed by atoms with Crippen LogP contribution in [0.3, 0.4) is 0 Å². The lowest BCUT2D eigenvalue weighted by molar-refractivity contribution is -0.158. The third-order valence-corrected chi connectivity index (χ3v) is 4.86. The third kappa shape index (κ3) is 3.35. The maximum atomic E-state index is 12.2. The summed E-state index contributed by atoms with van der Waals surface area (Å²) in [6.45, 7) is 0.630. The maximum absolute atomic E-state index is 12.2. The first-order valence-electron chi connectivity index (χ1n) is 8.34. The molecule has 2 aromatic rings. The molecule has 0 saturated heterocycles. The monoisotopic (exact) mass is 325 g/mol. The van der Waals surface area contributed by atoms with Crippen molar-refractivity contribution in [3.63, 3.8) is 0 Å². The van der Waals surface area contributed by atoms with Crippen LogP contribution in [0, 0.1) is 5.92 Å². The molecule has 1 fully saturated rings. The Hall–Kier alpha value is -2.17. The summed E-state index contributed by atoms with van der Waals surface area (Å²) < 4.78 is 0. The van der Waals surface area contributed by atoms with Crippen LogP contribution in [0.4, 0.5) is 0 Å². The molecule has 0 aromatic heterocycles. The van der Waals surface area contributed by atoms with Crippen LogP contribution in [0.15, 0.2) is 60.7 Å². The number of carboxylic acid groups (broad SMARTS) is 1. The van der Waals surface area contributed by atoms with Gasteiger partial charge in [-0.05, 0) is 29.9 Å². The predicted molar refractivity (Wildman–Crippen MR) is 92.3 cm³/mol. The number of carbonyl (C=O) groups is 1. The molecule has 4 heteroatoms. The van der Waals surface area contributed by atoms with E-state index < -0.39 is 11.5 Å². The highest BCUT2D eigenvalue weighted by atomic mass is 16.4. The van der Waals surface area contributed by atoms with E-state index in [0.717, 1.165) is 24.0 Å². The zero-order valence-corrected chi connectivity index (χ0v) is 13.6. The fourth-order valence-corrected chi connectivity index (χ4v) is 3.37. The molecule has 0 bridgehead atoms. The van der Waals surface area contributed by atoms with Crippen molar-refractivity contribution < 1.29 is 15.0 Å². The lowest BCUT2D eigenvalue weighted by Gasteiger charge is -2.40. The zero-order chi connectivity index (χ0) is 17.0. The summed E-state index contributed by atoms with van der Waals surface area (Å²) in [7, 11) is 0. The Morgan fingerprint density at radius 1 is 0.958 bits per heavy atom. The van der Waals surface area contributed by atoms with E-state index in [2.05, 4.69) is 0 Å². The van der Waals surface area contributed by atoms with Crippen LogP contribution in [0.1, 0.15) is 24.0 Å². The number of aliphatic carboxylic acids is 1. The summed E-state index contributed by atoms with van der Waals surface area (Å²) in [5.41, 5.74) is 0.882. The minimum absolute atomic E-state index is 0.00687. The first-order chi connectivity index (χ1) is 11.7. The average Bonchev–Trinajstić information content (AvgIpc) is 3.43. The fourth-order valence-electron chi connectivity index (χ4n) is 3.37. The molecule has 1 aliphatic rings. The topological polar surface area (TPSA) is 60.8 Å². The molecule has 0 spiro atoms. The van der Waals surface area contributed by atoms with Gasteiger partial charge in [0, 0.05) is 13.1 Å². The highest BCUT2D eigenvalue weighted by Gasteiger charge is 2.54. The number of aliphatic hydroxyl groups is 1. The third-order valence-electron chi connectivity index (χ3n) is 4.86. The Kier molecular flexibility index (Phi) is 4.97. The number of aliphatic hydroxyl groups excluding tert-OH is 1. The Bertz CT molecular complexity index is 628. The predicted octanol–water partition coefficient (Wildman–Crippen LogP) is 2.91. The first kappa shape index (κ1) is 16.7. The second-order valence-corrected chi connectivity index (χ2v) is 6.49. The Balaban J connectivity index is 1.95. The SMILES string of the molecule is O=C(O)C(CO)(C1CC1)N(Cc1ccccc1)Cc1ccccc1. The van der Waals surface area contributed by atoms with Crippen LogP contribution in [0.5, 0.6) is 0 Å². The molecule has 2 N–H and O–H groups in total. The summed E-state index contributed by atoms with van der Waals surface area (Å²) in [4.78, 5) is 14.1. The van der Waals surface area contributed by atoms with Crippen molar-refractivity contribution in [2.75, 3.05) is 6.61 Å². The molecular weight excluding hydrogens is 302 g/mol. The molecule has 0 amide bonds. The Morgan fingerprint density at radius 3 is 1.75 bits per heavy atom. The molecule has 126 valence electrons.